The van der Waals surface area contributed by atoms with Crippen LogP contribution in [0.5, 0.6) is 0 Å². The van der Waals surface area contributed by atoms with Crippen LogP contribution in [0, 0.1) is 6.92 Å². The molecule has 0 spiro atoms. The van der Waals surface area contributed by atoms with Crippen molar-refractivity contribution in [1.82, 2.24) is 9.21 Å². The molecular weight excluding hydrogens is 390 g/mol. The third kappa shape index (κ3) is 3.77. The Balaban J connectivity index is 1.47. The predicted octanol–water partition coefficient (Wildman–Crippen LogP) is 1.95. The Morgan fingerprint density at radius 1 is 1.00 bits per heavy atom. The molecule has 1 saturated heterocycles. The van der Waals surface area contributed by atoms with Gasteiger partial charge in [-0.05, 0) is 30.7 Å². The van der Waals surface area contributed by atoms with Crippen molar-refractivity contribution in [3.05, 3.63) is 59.7 Å². The van der Waals surface area contributed by atoms with Gasteiger partial charge in [-0.25, -0.2) is 8.42 Å². The fraction of sp³-hybridized carbons (Fsp3) is 0.333. The molecule has 2 aromatic rings. The standard InChI is InChI=1S/C21H23N3O4S/c1-15-6-8-16(9-7-15)29(27,28)24-12-10-23(11-13-24)21(26)18-14-20(25)22-19-5-3-2-4-17(18)19/h2-9,18H,10-14H2,1H3,(H,22,25)/t18-/m1/s1. The van der Waals surface area contributed by atoms with Crippen LogP contribution in [-0.2, 0) is 19.6 Å². The Labute approximate surface area is 170 Å². The number of anilines is 1. The highest BCUT2D eigenvalue weighted by Crippen LogP contribution is 2.33. The molecule has 0 aliphatic carbocycles. The fourth-order valence-corrected chi connectivity index (χ4v) is 5.28. The van der Waals surface area contributed by atoms with E-state index >= 15 is 0 Å². The largest absolute Gasteiger partial charge is 0.340 e. The maximum Gasteiger partial charge on any atom is 0.243 e. The smallest absolute Gasteiger partial charge is 0.243 e. The number of carbonyl (C=O) groups is 2. The number of aryl methyl sites for hydroxylation is 1. The number of sulfonamides is 1. The van der Waals surface area contributed by atoms with Crippen LogP contribution in [0.2, 0.25) is 0 Å². The van der Waals surface area contributed by atoms with Gasteiger partial charge in [0.25, 0.3) is 0 Å². The number of hydrogen-bond acceptors (Lipinski definition) is 4. The number of nitrogens with zero attached hydrogens (tertiary/aromatic N) is 2. The molecule has 4 rings (SSSR count). The molecular formula is C21H23N3O4S. The van der Waals surface area contributed by atoms with Crippen molar-refractivity contribution in [2.75, 3.05) is 31.5 Å². The molecule has 1 fully saturated rings. The number of amides is 2. The molecule has 29 heavy (non-hydrogen) atoms. The van der Waals surface area contributed by atoms with Gasteiger partial charge in [0.2, 0.25) is 21.8 Å². The van der Waals surface area contributed by atoms with E-state index in [1.165, 1.54) is 4.31 Å². The molecule has 2 aliphatic heterocycles. The van der Waals surface area contributed by atoms with Gasteiger partial charge in [0.1, 0.15) is 0 Å². The summed E-state index contributed by atoms with van der Waals surface area (Å²) in [5.41, 5.74) is 2.48. The molecule has 2 amide bonds. The van der Waals surface area contributed by atoms with Crippen LogP contribution in [-0.4, -0.2) is 55.6 Å². The van der Waals surface area contributed by atoms with E-state index in [4.69, 9.17) is 0 Å². The molecule has 0 unspecified atom stereocenters. The Morgan fingerprint density at radius 3 is 2.34 bits per heavy atom. The molecule has 1 atom stereocenters. The van der Waals surface area contributed by atoms with Crippen molar-refractivity contribution in [1.29, 1.82) is 0 Å². The van der Waals surface area contributed by atoms with Gasteiger partial charge in [0.15, 0.2) is 0 Å². The normalized spacial score (nSPS) is 20.1. The Kier molecular flexibility index (Phi) is 5.14. The van der Waals surface area contributed by atoms with Gasteiger partial charge in [-0.2, -0.15) is 4.31 Å². The van der Waals surface area contributed by atoms with E-state index in [2.05, 4.69) is 5.32 Å². The SMILES string of the molecule is Cc1ccc(S(=O)(=O)N2CCN(C(=O)[C@@H]3CC(=O)Nc4ccccc43)CC2)cc1. The number of fused-ring (bicyclic) bond motifs is 1. The first-order chi connectivity index (χ1) is 13.9. The molecule has 152 valence electrons. The molecule has 0 aromatic heterocycles. The third-order valence-corrected chi connectivity index (χ3v) is 7.42. The average molecular weight is 413 g/mol. The zero-order chi connectivity index (χ0) is 20.6. The van der Waals surface area contributed by atoms with Crippen molar-refractivity contribution in [2.45, 2.75) is 24.2 Å². The first kappa shape index (κ1) is 19.6. The first-order valence-electron chi connectivity index (χ1n) is 9.60. The van der Waals surface area contributed by atoms with Crippen molar-refractivity contribution >= 4 is 27.5 Å². The van der Waals surface area contributed by atoms with E-state index in [1.807, 2.05) is 25.1 Å². The van der Waals surface area contributed by atoms with Crippen molar-refractivity contribution in [2.24, 2.45) is 0 Å². The van der Waals surface area contributed by atoms with Gasteiger partial charge in [-0.3, -0.25) is 9.59 Å². The van der Waals surface area contributed by atoms with Gasteiger partial charge in [-0.1, -0.05) is 35.9 Å². The van der Waals surface area contributed by atoms with Crippen molar-refractivity contribution in [3.63, 3.8) is 0 Å². The Morgan fingerprint density at radius 2 is 1.66 bits per heavy atom. The molecule has 0 saturated carbocycles. The Hall–Kier alpha value is -2.71. The second kappa shape index (κ2) is 7.61. The predicted molar refractivity (Wildman–Crippen MR) is 109 cm³/mol. The Bertz CT molecular complexity index is 1040. The summed E-state index contributed by atoms with van der Waals surface area (Å²) < 4.78 is 27.1. The zero-order valence-corrected chi connectivity index (χ0v) is 17.0. The van der Waals surface area contributed by atoms with E-state index in [0.717, 1.165) is 11.1 Å². The first-order valence-corrected chi connectivity index (χ1v) is 11.0. The zero-order valence-electron chi connectivity index (χ0n) is 16.2. The number of rotatable bonds is 3. The van der Waals surface area contributed by atoms with Gasteiger partial charge >= 0.3 is 0 Å². The maximum absolute atomic E-state index is 13.1. The lowest BCUT2D eigenvalue weighted by molar-refractivity contribution is -0.136. The lowest BCUT2D eigenvalue weighted by Crippen LogP contribution is -2.52. The molecule has 7 nitrogen and oxygen atoms in total. The average Bonchev–Trinajstić information content (AvgIpc) is 2.73. The van der Waals surface area contributed by atoms with E-state index in [0.29, 0.717) is 18.8 Å². The second-order valence-electron chi connectivity index (χ2n) is 7.43. The van der Waals surface area contributed by atoms with Crippen LogP contribution in [0.3, 0.4) is 0 Å². The highest BCUT2D eigenvalue weighted by molar-refractivity contribution is 7.89. The van der Waals surface area contributed by atoms with E-state index < -0.39 is 15.9 Å². The monoisotopic (exact) mass is 413 g/mol. The molecule has 0 radical (unpaired) electrons. The molecule has 0 bridgehead atoms. The van der Waals surface area contributed by atoms with Crippen molar-refractivity contribution < 1.29 is 18.0 Å². The summed E-state index contributed by atoms with van der Waals surface area (Å²) in [4.78, 5) is 27.1. The van der Waals surface area contributed by atoms with Crippen LogP contribution in [0.1, 0.15) is 23.5 Å². The van der Waals surface area contributed by atoms with Crippen molar-refractivity contribution in [3.8, 4) is 0 Å². The van der Waals surface area contributed by atoms with E-state index in [-0.39, 0.29) is 36.2 Å². The lowest BCUT2D eigenvalue weighted by atomic mass is 9.89. The second-order valence-corrected chi connectivity index (χ2v) is 9.37. The molecule has 2 aliphatic rings. The van der Waals surface area contributed by atoms with Crippen LogP contribution < -0.4 is 5.32 Å². The van der Waals surface area contributed by atoms with Crippen LogP contribution in [0.15, 0.2) is 53.4 Å². The number of benzene rings is 2. The molecule has 2 heterocycles. The van der Waals surface area contributed by atoms with Crippen LogP contribution in [0.4, 0.5) is 5.69 Å². The van der Waals surface area contributed by atoms with Gasteiger partial charge < -0.3 is 10.2 Å². The summed E-state index contributed by atoms with van der Waals surface area (Å²) >= 11 is 0. The van der Waals surface area contributed by atoms with E-state index in [1.54, 1.807) is 35.2 Å². The van der Waals surface area contributed by atoms with E-state index in [9.17, 15) is 18.0 Å². The summed E-state index contributed by atoms with van der Waals surface area (Å²) in [5, 5.41) is 2.80. The minimum Gasteiger partial charge on any atom is -0.340 e. The third-order valence-electron chi connectivity index (χ3n) is 5.51. The van der Waals surface area contributed by atoms with Crippen LogP contribution in [0.25, 0.3) is 0 Å². The van der Waals surface area contributed by atoms with Gasteiger partial charge in [0, 0.05) is 38.3 Å². The highest BCUT2D eigenvalue weighted by atomic mass is 32.2. The molecule has 8 heteroatoms. The summed E-state index contributed by atoms with van der Waals surface area (Å²) in [5.74, 6) is -0.831. The minimum atomic E-state index is -3.58. The number of nitrogens with one attached hydrogen (secondary N) is 1. The summed E-state index contributed by atoms with van der Waals surface area (Å²) in [7, 11) is -3.58. The van der Waals surface area contributed by atoms with Gasteiger partial charge in [0.05, 0.1) is 10.8 Å². The van der Waals surface area contributed by atoms with Gasteiger partial charge in [-0.15, -0.1) is 0 Å². The number of hydrogen-bond donors (Lipinski definition) is 1. The lowest BCUT2D eigenvalue weighted by Gasteiger charge is -2.36. The topological polar surface area (TPSA) is 86.8 Å². The molecule has 2 aromatic carbocycles. The number of para-hydroxylation sites is 1. The minimum absolute atomic E-state index is 0.109. The number of piperazine rings is 1. The number of carbonyl (C=O) groups excluding carboxylic acids is 2. The maximum atomic E-state index is 13.1. The van der Waals surface area contributed by atoms with Crippen LogP contribution >= 0.6 is 0 Å². The summed E-state index contributed by atoms with van der Waals surface area (Å²) in [6.45, 7) is 3.00. The fourth-order valence-electron chi connectivity index (χ4n) is 3.86. The highest BCUT2D eigenvalue weighted by Gasteiger charge is 2.36. The quantitative estimate of drug-likeness (QED) is 0.833. The summed E-state index contributed by atoms with van der Waals surface area (Å²) in [6, 6.07) is 14.1. The summed E-state index contributed by atoms with van der Waals surface area (Å²) in [6.07, 6.45) is 0.109. The molecule has 1 N–H and O–H groups in total.